The Labute approximate surface area is 135 Å². The second kappa shape index (κ2) is 7.16. The second-order valence-electron chi connectivity index (χ2n) is 5.03. The van der Waals surface area contributed by atoms with Gasteiger partial charge in [0.1, 0.15) is 6.04 Å². The van der Waals surface area contributed by atoms with Crippen molar-refractivity contribution in [3.05, 3.63) is 48.3 Å². The van der Waals surface area contributed by atoms with Crippen molar-refractivity contribution in [1.82, 2.24) is 15.1 Å². The fourth-order valence-electron chi connectivity index (χ4n) is 1.87. The van der Waals surface area contributed by atoms with Gasteiger partial charge < -0.3 is 10.6 Å². The molecule has 0 bridgehead atoms. The van der Waals surface area contributed by atoms with Crippen LogP contribution in [0.25, 0.3) is 0 Å². The molecule has 0 saturated heterocycles. The topological polar surface area (TPSA) is 76.0 Å². The largest absolute Gasteiger partial charge is 0.471 e. The summed E-state index contributed by atoms with van der Waals surface area (Å²) in [5.41, 5.74) is 0.707. The molecule has 1 heterocycles. The number of halogens is 3. The minimum atomic E-state index is -4.94. The minimum Gasteiger partial charge on any atom is -0.350 e. The first-order valence-corrected chi connectivity index (χ1v) is 7.01. The molecule has 0 radical (unpaired) electrons. The molecule has 2 rings (SSSR count). The van der Waals surface area contributed by atoms with E-state index in [1.165, 1.54) is 28.9 Å². The molecule has 2 N–H and O–H groups in total. The summed E-state index contributed by atoms with van der Waals surface area (Å²) in [4.78, 5) is 22.8. The molecule has 1 aromatic heterocycles. The Bertz CT molecular complexity index is 697. The van der Waals surface area contributed by atoms with Crippen molar-refractivity contribution in [2.24, 2.45) is 0 Å². The Morgan fingerprint density at radius 1 is 1.25 bits per heavy atom. The van der Waals surface area contributed by atoms with Gasteiger partial charge in [0.05, 0.1) is 0 Å². The molecule has 6 nitrogen and oxygen atoms in total. The number of nitrogens with zero attached hydrogens (tertiary/aromatic N) is 2. The lowest BCUT2D eigenvalue weighted by Gasteiger charge is -2.13. The average molecular weight is 340 g/mol. The highest BCUT2D eigenvalue weighted by atomic mass is 19.4. The SMILES string of the molecule is C[C@H](C(=O)NCc1ccc(NC(=O)C(F)(F)F)cc1)n1cccn1. The predicted octanol–water partition coefficient (Wildman–Crippen LogP) is 2.26. The van der Waals surface area contributed by atoms with Crippen molar-refractivity contribution >= 4 is 17.5 Å². The van der Waals surface area contributed by atoms with Gasteiger partial charge in [-0.1, -0.05) is 12.1 Å². The fourth-order valence-corrected chi connectivity index (χ4v) is 1.87. The summed E-state index contributed by atoms with van der Waals surface area (Å²) in [6.45, 7) is 1.90. The Morgan fingerprint density at radius 2 is 1.92 bits per heavy atom. The number of benzene rings is 1. The molecular formula is C15H15F3N4O2. The molecule has 0 spiro atoms. The Hall–Kier alpha value is -2.84. The standard InChI is InChI=1S/C15H15F3N4O2/c1-10(22-8-2-7-20-22)13(23)19-9-11-3-5-12(6-4-11)21-14(24)15(16,17)18/h2-8,10H,9H2,1H3,(H,19,23)(H,21,24)/t10-/m1/s1. The van der Waals surface area contributed by atoms with Crippen LogP contribution in [0, 0.1) is 0 Å². The molecule has 24 heavy (non-hydrogen) atoms. The van der Waals surface area contributed by atoms with Crippen LogP contribution in [0.2, 0.25) is 0 Å². The van der Waals surface area contributed by atoms with Gasteiger partial charge >= 0.3 is 12.1 Å². The maximum Gasteiger partial charge on any atom is 0.471 e. The lowest BCUT2D eigenvalue weighted by Crippen LogP contribution is -2.31. The fraction of sp³-hybridized carbons (Fsp3) is 0.267. The minimum absolute atomic E-state index is 0.0253. The summed E-state index contributed by atoms with van der Waals surface area (Å²) in [7, 11) is 0. The Kier molecular flexibility index (Phi) is 5.22. The molecular weight excluding hydrogens is 325 g/mol. The molecule has 128 valence electrons. The van der Waals surface area contributed by atoms with Crippen molar-refractivity contribution in [3.8, 4) is 0 Å². The third-order valence-corrected chi connectivity index (χ3v) is 3.24. The summed E-state index contributed by atoms with van der Waals surface area (Å²) >= 11 is 0. The lowest BCUT2D eigenvalue weighted by molar-refractivity contribution is -0.167. The van der Waals surface area contributed by atoms with E-state index < -0.39 is 18.1 Å². The van der Waals surface area contributed by atoms with E-state index in [0.29, 0.717) is 5.56 Å². The van der Waals surface area contributed by atoms with E-state index in [2.05, 4.69) is 10.4 Å². The zero-order chi connectivity index (χ0) is 17.7. The number of hydrogen-bond acceptors (Lipinski definition) is 3. The highest BCUT2D eigenvalue weighted by Crippen LogP contribution is 2.18. The zero-order valence-electron chi connectivity index (χ0n) is 12.7. The number of aromatic nitrogens is 2. The van der Waals surface area contributed by atoms with Crippen LogP contribution in [0.15, 0.2) is 42.7 Å². The van der Waals surface area contributed by atoms with E-state index in [4.69, 9.17) is 0 Å². The van der Waals surface area contributed by atoms with Crippen molar-refractivity contribution < 1.29 is 22.8 Å². The van der Waals surface area contributed by atoms with Crippen LogP contribution in [0.5, 0.6) is 0 Å². The van der Waals surface area contributed by atoms with Gasteiger partial charge in [-0.15, -0.1) is 0 Å². The van der Waals surface area contributed by atoms with Crippen molar-refractivity contribution in [1.29, 1.82) is 0 Å². The van der Waals surface area contributed by atoms with Gasteiger partial charge in [0.15, 0.2) is 0 Å². The van der Waals surface area contributed by atoms with E-state index in [9.17, 15) is 22.8 Å². The van der Waals surface area contributed by atoms with Gasteiger partial charge in [-0.05, 0) is 30.7 Å². The van der Waals surface area contributed by atoms with Crippen LogP contribution in [0.3, 0.4) is 0 Å². The Morgan fingerprint density at radius 3 is 2.46 bits per heavy atom. The number of alkyl halides is 3. The highest BCUT2D eigenvalue weighted by Gasteiger charge is 2.38. The average Bonchev–Trinajstić information content (AvgIpc) is 3.06. The molecule has 1 aromatic carbocycles. The summed E-state index contributed by atoms with van der Waals surface area (Å²) in [5.74, 6) is -2.27. The highest BCUT2D eigenvalue weighted by molar-refractivity contribution is 5.94. The number of anilines is 1. The third-order valence-electron chi connectivity index (χ3n) is 3.24. The Balaban J connectivity index is 1.88. The predicted molar refractivity (Wildman–Crippen MR) is 79.9 cm³/mol. The van der Waals surface area contributed by atoms with E-state index in [1.807, 2.05) is 0 Å². The molecule has 2 amide bonds. The van der Waals surface area contributed by atoms with Crippen molar-refractivity contribution in [2.45, 2.75) is 25.7 Å². The van der Waals surface area contributed by atoms with Gasteiger partial charge in [-0.25, -0.2) is 0 Å². The van der Waals surface area contributed by atoms with E-state index in [0.717, 1.165) is 0 Å². The first-order valence-electron chi connectivity index (χ1n) is 7.01. The molecule has 2 aromatic rings. The molecule has 0 fully saturated rings. The van der Waals surface area contributed by atoms with Crippen LogP contribution < -0.4 is 10.6 Å². The summed E-state index contributed by atoms with van der Waals surface area (Å²) < 4.78 is 38.0. The van der Waals surface area contributed by atoms with E-state index >= 15 is 0 Å². The number of carbonyl (C=O) groups excluding carboxylic acids is 2. The molecule has 0 aliphatic carbocycles. The number of amides is 2. The molecule has 1 atom stereocenters. The summed E-state index contributed by atoms with van der Waals surface area (Å²) in [6.07, 6.45) is -1.70. The van der Waals surface area contributed by atoms with Crippen LogP contribution in [-0.4, -0.2) is 27.8 Å². The van der Waals surface area contributed by atoms with Crippen LogP contribution in [0.4, 0.5) is 18.9 Å². The molecule has 0 aliphatic heterocycles. The van der Waals surface area contributed by atoms with Crippen molar-refractivity contribution in [2.75, 3.05) is 5.32 Å². The van der Waals surface area contributed by atoms with Crippen molar-refractivity contribution in [3.63, 3.8) is 0 Å². The summed E-state index contributed by atoms with van der Waals surface area (Å²) in [5, 5.41) is 8.43. The lowest BCUT2D eigenvalue weighted by atomic mass is 10.2. The van der Waals surface area contributed by atoms with E-state index in [1.54, 1.807) is 30.7 Å². The second-order valence-corrected chi connectivity index (χ2v) is 5.03. The quantitative estimate of drug-likeness (QED) is 0.877. The third kappa shape index (κ3) is 4.58. The van der Waals surface area contributed by atoms with Gasteiger partial charge in [-0.2, -0.15) is 18.3 Å². The smallest absolute Gasteiger partial charge is 0.350 e. The van der Waals surface area contributed by atoms with Gasteiger partial charge in [0, 0.05) is 24.6 Å². The van der Waals surface area contributed by atoms with Crippen LogP contribution >= 0.6 is 0 Å². The molecule has 9 heteroatoms. The maximum atomic E-state index is 12.1. The number of rotatable bonds is 5. The number of carbonyl (C=O) groups is 2. The monoisotopic (exact) mass is 340 g/mol. The molecule has 0 aliphatic rings. The van der Waals surface area contributed by atoms with Gasteiger partial charge in [0.25, 0.3) is 0 Å². The van der Waals surface area contributed by atoms with Crippen LogP contribution in [0.1, 0.15) is 18.5 Å². The van der Waals surface area contributed by atoms with Gasteiger partial charge in [-0.3, -0.25) is 14.3 Å². The van der Waals surface area contributed by atoms with E-state index in [-0.39, 0.29) is 18.1 Å². The van der Waals surface area contributed by atoms with Gasteiger partial charge in [0.2, 0.25) is 5.91 Å². The maximum absolute atomic E-state index is 12.1. The first kappa shape index (κ1) is 17.5. The zero-order valence-corrected chi connectivity index (χ0v) is 12.7. The summed E-state index contributed by atoms with van der Waals surface area (Å²) in [6, 6.07) is 6.93. The normalized spacial score (nSPS) is 12.5. The van der Waals surface area contributed by atoms with Crippen LogP contribution in [-0.2, 0) is 16.1 Å². The molecule has 0 unspecified atom stereocenters. The molecule has 0 saturated carbocycles. The first-order chi connectivity index (χ1) is 11.3. The number of hydrogen-bond donors (Lipinski definition) is 2. The number of nitrogens with one attached hydrogen (secondary N) is 2.